The zero-order valence-corrected chi connectivity index (χ0v) is 39.7. The molecule has 1 saturated carbocycles. The van der Waals surface area contributed by atoms with Crippen LogP contribution in [0.15, 0.2) is 97.4 Å². The largest absolute Gasteiger partial charge is 0.505 e. The van der Waals surface area contributed by atoms with Crippen molar-refractivity contribution in [1.29, 1.82) is 0 Å². The summed E-state index contributed by atoms with van der Waals surface area (Å²) in [6.45, 7) is 2.19. The molecule has 6 aliphatic carbocycles. The molecule has 0 radical (unpaired) electrons. The summed E-state index contributed by atoms with van der Waals surface area (Å²) in [5, 5.41) is 54.9. The molecule has 6 N–H and O–H groups in total. The Hall–Kier alpha value is -3.66. The molecule has 0 aromatic rings. The molecule has 4 heterocycles. The van der Waals surface area contributed by atoms with Crippen LogP contribution in [0.3, 0.4) is 0 Å². The fourth-order valence-corrected chi connectivity index (χ4v) is 9.86. The molecule has 0 aromatic carbocycles. The van der Waals surface area contributed by atoms with Gasteiger partial charge in [-0.05, 0) is 83.1 Å². The highest BCUT2D eigenvalue weighted by atomic mass is 16.6. The van der Waals surface area contributed by atoms with E-state index in [-0.39, 0.29) is 54.7 Å². The van der Waals surface area contributed by atoms with E-state index >= 15 is 0 Å². The first-order valence-electron chi connectivity index (χ1n) is 25.1. The molecule has 0 amide bonds. The maximum Gasteiger partial charge on any atom is 0.306 e. The minimum absolute atomic E-state index is 0.0330. The lowest BCUT2D eigenvalue weighted by molar-refractivity contribution is -0.171. The molecule has 0 bridgehead atoms. The summed E-state index contributed by atoms with van der Waals surface area (Å²) in [6.07, 6.45) is 48.5. The van der Waals surface area contributed by atoms with Gasteiger partial charge in [0, 0.05) is 61.2 Å². The number of aliphatic hydroxyl groups is 5. The van der Waals surface area contributed by atoms with E-state index in [1.54, 1.807) is 13.4 Å². The first-order valence-corrected chi connectivity index (χ1v) is 25.1. The number of hydrogen-bond acceptors (Lipinski definition) is 12. The maximum atomic E-state index is 10.6. The van der Waals surface area contributed by atoms with Gasteiger partial charge in [-0.2, -0.15) is 0 Å². The molecule has 10 rings (SSSR count). The second-order valence-electron chi connectivity index (χ2n) is 19.0. The monoisotopic (exact) mass is 937 g/mol. The van der Waals surface area contributed by atoms with E-state index in [0.717, 1.165) is 83.5 Å². The van der Waals surface area contributed by atoms with Crippen LogP contribution in [0.2, 0.25) is 0 Å². The van der Waals surface area contributed by atoms with Gasteiger partial charge in [-0.15, -0.1) is 0 Å². The average molecular weight is 937 g/mol. The fraction of sp³-hybridized carbons (Fsp3) is 0.667. The average Bonchev–Trinajstić information content (AvgIpc) is 4.11. The van der Waals surface area contributed by atoms with Crippen LogP contribution < -0.4 is 0 Å². The second kappa shape index (κ2) is 29.4. The molecule has 13 nitrogen and oxygen atoms in total. The summed E-state index contributed by atoms with van der Waals surface area (Å²) in [5.41, 5.74) is 0. The topological polar surface area (TPSA) is 205 Å². The van der Waals surface area contributed by atoms with Gasteiger partial charge in [0.1, 0.15) is 6.10 Å². The predicted molar refractivity (Wildman–Crippen MR) is 256 cm³/mol. The number of carboxylic acid groups (broad SMARTS) is 1. The Morgan fingerprint density at radius 1 is 0.657 bits per heavy atom. The van der Waals surface area contributed by atoms with Gasteiger partial charge >= 0.3 is 11.9 Å². The van der Waals surface area contributed by atoms with Crippen molar-refractivity contribution in [3.63, 3.8) is 0 Å². The third kappa shape index (κ3) is 19.0. The van der Waals surface area contributed by atoms with Crippen LogP contribution >= 0.6 is 0 Å². The number of unbranched alkanes of at least 4 members (excludes halogenated alkanes) is 1. The number of allylic oxidation sites excluding steroid dienone is 4. The minimum Gasteiger partial charge on any atom is -0.505 e. The van der Waals surface area contributed by atoms with Crippen LogP contribution in [0.5, 0.6) is 0 Å². The zero-order valence-electron chi connectivity index (χ0n) is 39.7. The number of carbonyl (C=O) groups is 2. The van der Waals surface area contributed by atoms with Gasteiger partial charge in [-0.3, -0.25) is 9.59 Å². The van der Waals surface area contributed by atoms with E-state index in [4.69, 9.17) is 39.0 Å². The van der Waals surface area contributed by atoms with Crippen molar-refractivity contribution in [2.24, 2.45) is 35.5 Å². The Labute approximate surface area is 398 Å². The summed E-state index contributed by atoms with van der Waals surface area (Å²) < 4.78 is 25.6. The van der Waals surface area contributed by atoms with Gasteiger partial charge in [-0.1, -0.05) is 98.4 Å². The molecule has 13 heteroatoms. The fourth-order valence-electron chi connectivity index (χ4n) is 9.86. The molecule has 16 atom stereocenters. The smallest absolute Gasteiger partial charge is 0.306 e. The lowest BCUT2D eigenvalue weighted by Gasteiger charge is -2.29. The normalized spacial score (nSPS) is 37.3. The number of carbonyl (C=O) groups excluding carboxylic acids is 1. The molecular formula is C54H80O13. The standard InChI is InChI=1S/C12H18O3.C12H20O2.2C8H12O2.C7H10O2.C7H8O2/c13-11-8-5-7-10(11)6-3-1-2-4-9-12(14)15;1-2-3-4-5-6-7-9-10(13)8-11-12(9)14-11;9-8-5-4-6-2-1-3-7(6)10-8;1-10-6-5-7-3-2-4-8(7)9;2*8-7-4-5-2-1-3-6(5)9-7/h1-2,5,7,10-11,13H,3-4,6,8-9H2,(H,14,15);4-5,9-13H,2-3,6-8H2,1H3;1-2,6-9H,3-5H2;2-3,5-9H,4H2,1H3;1-2,5-8H,3-4H2;1-2,5-6H,3-4H2/b2-1-;5-4-;;;;/t10-,11?;9-,10-,11+,12-;6-,7-,8?;7-,8?;5-,6-,7?;5-,6-/m100000/s1. The van der Waals surface area contributed by atoms with Gasteiger partial charge in [0.25, 0.3) is 0 Å². The SMILES string of the molecule is CCC/C=C\CC[C@@H]1[C@@H]2O[C@@H]2C[C@@H]1O.COC=C[C@@H]1C=CCC1O.O=C(O)CC/C=C\CC[C@@H]1C=CCC1O.O=C1C[C@@H]2C=CC[C@@H]2O1.OC1CC[C@@H]2C=CC[C@@H]2O1.OC1C[C@@H]2C=CC[C@@H]2O1. The molecule has 0 aromatic heterocycles. The van der Waals surface area contributed by atoms with Crippen LogP contribution in [-0.2, 0) is 33.3 Å². The molecule has 374 valence electrons. The van der Waals surface area contributed by atoms with E-state index in [1.165, 1.54) is 12.8 Å². The number of ether oxygens (including phenoxy) is 5. The van der Waals surface area contributed by atoms with Crippen molar-refractivity contribution in [1.82, 2.24) is 0 Å². The van der Waals surface area contributed by atoms with Crippen molar-refractivity contribution in [2.45, 2.75) is 184 Å². The Balaban J connectivity index is 0.000000152. The molecule has 5 fully saturated rings. The summed E-state index contributed by atoms with van der Waals surface area (Å²) in [7, 11) is 1.60. The van der Waals surface area contributed by atoms with Gasteiger partial charge in [0.2, 0.25) is 0 Å². The van der Waals surface area contributed by atoms with Crippen molar-refractivity contribution < 1.29 is 63.9 Å². The number of epoxide rings is 1. The summed E-state index contributed by atoms with van der Waals surface area (Å²) in [5.74, 6) is 1.55. The van der Waals surface area contributed by atoms with Crippen LogP contribution in [0.4, 0.5) is 0 Å². The van der Waals surface area contributed by atoms with E-state index in [0.29, 0.717) is 54.8 Å². The second-order valence-corrected chi connectivity index (χ2v) is 19.0. The third-order valence-electron chi connectivity index (χ3n) is 13.8. The van der Waals surface area contributed by atoms with Crippen molar-refractivity contribution in [3.05, 3.63) is 97.4 Å². The lowest BCUT2D eigenvalue weighted by Crippen LogP contribution is -2.31. The van der Waals surface area contributed by atoms with Crippen molar-refractivity contribution in [3.8, 4) is 0 Å². The molecule has 4 aliphatic heterocycles. The van der Waals surface area contributed by atoms with E-state index in [2.05, 4.69) is 61.6 Å². The van der Waals surface area contributed by atoms with Crippen LogP contribution in [0, 0.1) is 35.5 Å². The van der Waals surface area contributed by atoms with E-state index < -0.39 is 18.5 Å². The summed E-state index contributed by atoms with van der Waals surface area (Å²) in [4.78, 5) is 20.8. The Kier molecular flexibility index (Phi) is 23.8. The predicted octanol–water partition coefficient (Wildman–Crippen LogP) is 8.09. The third-order valence-corrected chi connectivity index (χ3v) is 13.8. The Morgan fingerprint density at radius 3 is 1.91 bits per heavy atom. The van der Waals surface area contributed by atoms with Gasteiger partial charge in [0.15, 0.2) is 12.6 Å². The van der Waals surface area contributed by atoms with Crippen LogP contribution in [-0.4, -0.2) is 111 Å². The van der Waals surface area contributed by atoms with Crippen molar-refractivity contribution >= 4 is 11.9 Å². The number of fused-ring (bicyclic) bond motifs is 4. The molecule has 0 spiro atoms. The number of esters is 1. The van der Waals surface area contributed by atoms with Gasteiger partial charge in [0.05, 0.1) is 62.5 Å². The maximum absolute atomic E-state index is 10.6. The number of hydrogen-bond donors (Lipinski definition) is 6. The highest BCUT2D eigenvalue weighted by Crippen LogP contribution is 2.45. The van der Waals surface area contributed by atoms with Gasteiger partial charge in [-0.25, -0.2) is 0 Å². The van der Waals surface area contributed by atoms with E-state index in [1.807, 2.05) is 36.5 Å². The molecule has 67 heavy (non-hydrogen) atoms. The Bertz CT molecular complexity index is 1710. The number of aliphatic hydroxyl groups excluding tert-OH is 5. The zero-order chi connectivity index (χ0) is 48.0. The highest BCUT2D eigenvalue weighted by Gasteiger charge is 2.54. The first-order chi connectivity index (χ1) is 32.4. The number of carboxylic acids is 1. The highest BCUT2D eigenvalue weighted by molar-refractivity contribution is 5.72. The van der Waals surface area contributed by atoms with Gasteiger partial charge < -0.3 is 54.3 Å². The summed E-state index contributed by atoms with van der Waals surface area (Å²) >= 11 is 0. The molecule has 10 aliphatic rings. The summed E-state index contributed by atoms with van der Waals surface area (Å²) in [6, 6.07) is 0. The number of rotatable bonds is 13. The molecule has 4 saturated heterocycles. The molecular weight excluding hydrogens is 857 g/mol. The van der Waals surface area contributed by atoms with E-state index in [9.17, 15) is 24.9 Å². The van der Waals surface area contributed by atoms with Crippen LogP contribution in [0.25, 0.3) is 0 Å². The van der Waals surface area contributed by atoms with Crippen molar-refractivity contribution in [2.75, 3.05) is 7.11 Å². The first kappa shape index (κ1) is 54.3. The minimum atomic E-state index is -0.756. The molecule has 4 unspecified atom stereocenters. The van der Waals surface area contributed by atoms with Crippen LogP contribution in [0.1, 0.15) is 122 Å². The quantitative estimate of drug-likeness (QED) is 0.0448. The Morgan fingerprint density at radius 2 is 1.28 bits per heavy atom. The lowest BCUT2D eigenvalue weighted by atomic mass is 9.97. The number of methoxy groups -OCH3 is 1. The number of aliphatic carboxylic acids is 1.